The fourth-order valence-corrected chi connectivity index (χ4v) is 5.14. The third-order valence-electron chi connectivity index (χ3n) is 6.80. The second-order valence-corrected chi connectivity index (χ2v) is 8.13. The molecule has 1 unspecified atom stereocenters. The van der Waals surface area contributed by atoms with E-state index < -0.39 is 0 Å². The molecular formula is C22H33NO4. The van der Waals surface area contributed by atoms with Crippen LogP contribution < -0.4 is 9.47 Å². The van der Waals surface area contributed by atoms with E-state index in [1.165, 1.54) is 5.56 Å². The van der Waals surface area contributed by atoms with Crippen LogP contribution in [0.3, 0.4) is 0 Å². The van der Waals surface area contributed by atoms with Crippen molar-refractivity contribution in [3.8, 4) is 11.5 Å². The molecule has 0 aromatic heterocycles. The maximum Gasteiger partial charge on any atom is 0.133 e. The number of hydrogen-bond acceptors (Lipinski definition) is 5. The normalized spacial score (nSPS) is 28.7. The summed E-state index contributed by atoms with van der Waals surface area (Å²) in [5.41, 5.74) is 2.23. The molecule has 0 spiro atoms. The van der Waals surface area contributed by atoms with E-state index in [0.717, 1.165) is 36.4 Å². The van der Waals surface area contributed by atoms with Crippen LogP contribution in [0.2, 0.25) is 0 Å². The van der Waals surface area contributed by atoms with Crippen LogP contribution in [0, 0.1) is 12.8 Å². The molecule has 1 saturated heterocycles. The molecule has 1 aliphatic carbocycles. The number of nitrogens with zero attached hydrogens (tertiary/aromatic N) is 1. The summed E-state index contributed by atoms with van der Waals surface area (Å²) in [7, 11) is 5.55. The summed E-state index contributed by atoms with van der Waals surface area (Å²) < 4.78 is 16.7. The quantitative estimate of drug-likeness (QED) is 0.714. The zero-order valence-corrected chi connectivity index (χ0v) is 17.3. The number of ketones is 1. The number of carbonyl (C=O) groups excluding carboxylic acids is 1. The van der Waals surface area contributed by atoms with Crippen molar-refractivity contribution < 1.29 is 19.0 Å². The van der Waals surface area contributed by atoms with Crippen LogP contribution in [-0.4, -0.2) is 57.8 Å². The van der Waals surface area contributed by atoms with Crippen molar-refractivity contribution in [1.82, 2.24) is 4.90 Å². The second-order valence-electron chi connectivity index (χ2n) is 8.13. The van der Waals surface area contributed by atoms with Crippen molar-refractivity contribution in [2.75, 3.05) is 41.0 Å². The first-order valence-corrected chi connectivity index (χ1v) is 9.95. The topological polar surface area (TPSA) is 48.0 Å². The standard InChI is InChI=1S/C22H33NO4/c1-15-20(12-18(26-5)13-21(15)27-11-10-25-4)22-8-9-23(3)16(2)19(22)7-6-17(24)14-22/h12-13,16,19H,6-11,14H2,1-5H3/t16?,19-,22-/m0/s1. The third-order valence-corrected chi connectivity index (χ3v) is 6.80. The van der Waals surface area contributed by atoms with Gasteiger partial charge < -0.3 is 19.1 Å². The van der Waals surface area contributed by atoms with E-state index in [4.69, 9.17) is 14.2 Å². The molecule has 1 aromatic rings. The predicted molar refractivity (Wildman–Crippen MR) is 106 cm³/mol. The van der Waals surface area contributed by atoms with Crippen LogP contribution in [-0.2, 0) is 14.9 Å². The van der Waals surface area contributed by atoms with Gasteiger partial charge in [0.05, 0.1) is 13.7 Å². The number of methoxy groups -OCH3 is 2. The molecule has 5 nitrogen and oxygen atoms in total. The van der Waals surface area contributed by atoms with Crippen LogP contribution in [0.5, 0.6) is 11.5 Å². The van der Waals surface area contributed by atoms with Gasteiger partial charge in [0.2, 0.25) is 0 Å². The lowest BCUT2D eigenvalue weighted by atomic mass is 9.56. The van der Waals surface area contributed by atoms with E-state index in [2.05, 4.69) is 31.9 Å². The number of rotatable bonds is 6. The molecule has 1 heterocycles. The maximum atomic E-state index is 12.6. The number of benzene rings is 1. The SMILES string of the molecule is COCCOc1cc(OC)cc([C@]23CCN(C)C(C)[C@@H]2CCC(=O)C3)c1C. The lowest BCUT2D eigenvalue weighted by Gasteiger charge is -2.54. The minimum Gasteiger partial charge on any atom is -0.497 e. The molecule has 1 saturated carbocycles. The summed E-state index contributed by atoms with van der Waals surface area (Å²) in [5.74, 6) is 2.47. The van der Waals surface area contributed by atoms with Gasteiger partial charge in [0, 0.05) is 37.5 Å². The highest BCUT2D eigenvalue weighted by atomic mass is 16.5. The number of fused-ring (bicyclic) bond motifs is 1. The summed E-state index contributed by atoms with van der Waals surface area (Å²) in [5, 5.41) is 0. The third kappa shape index (κ3) is 3.72. The zero-order chi connectivity index (χ0) is 19.6. The van der Waals surface area contributed by atoms with Crippen molar-refractivity contribution in [3.05, 3.63) is 23.3 Å². The Bertz CT molecular complexity index is 689. The fourth-order valence-electron chi connectivity index (χ4n) is 5.14. The summed E-state index contributed by atoms with van der Waals surface area (Å²) in [6, 6.07) is 4.54. The average molecular weight is 376 g/mol. The molecule has 2 aliphatic rings. The monoisotopic (exact) mass is 375 g/mol. The number of carbonyl (C=O) groups is 1. The molecule has 3 atom stereocenters. The highest BCUT2D eigenvalue weighted by Gasteiger charge is 2.51. The Hall–Kier alpha value is -1.59. The Morgan fingerprint density at radius 2 is 2.04 bits per heavy atom. The molecule has 5 heteroatoms. The fraction of sp³-hybridized carbons (Fsp3) is 0.682. The minimum atomic E-state index is -0.126. The van der Waals surface area contributed by atoms with Gasteiger partial charge in [0.15, 0.2) is 0 Å². The molecule has 150 valence electrons. The van der Waals surface area contributed by atoms with E-state index in [1.54, 1.807) is 14.2 Å². The van der Waals surface area contributed by atoms with E-state index in [0.29, 0.717) is 43.8 Å². The van der Waals surface area contributed by atoms with E-state index in [9.17, 15) is 4.79 Å². The zero-order valence-electron chi connectivity index (χ0n) is 17.3. The van der Waals surface area contributed by atoms with Gasteiger partial charge in [-0.1, -0.05) is 0 Å². The summed E-state index contributed by atoms with van der Waals surface area (Å²) >= 11 is 0. The van der Waals surface area contributed by atoms with Crippen molar-refractivity contribution in [1.29, 1.82) is 0 Å². The molecule has 0 radical (unpaired) electrons. The first-order chi connectivity index (χ1) is 12.9. The van der Waals surface area contributed by atoms with E-state index in [1.807, 2.05) is 6.07 Å². The minimum absolute atomic E-state index is 0.126. The Balaban J connectivity index is 2.08. The highest BCUT2D eigenvalue weighted by Crippen LogP contribution is 2.52. The lowest BCUT2D eigenvalue weighted by molar-refractivity contribution is -0.126. The van der Waals surface area contributed by atoms with Crippen molar-refractivity contribution in [3.63, 3.8) is 0 Å². The van der Waals surface area contributed by atoms with Crippen LogP contribution in [0.25, 0.3) is 0 Å². The molecule has 0 N–H and O–H groups in total. The number of hydrogen-bond donors (Lipinski definition) is 0. The predicted octanol–water partition coefficient (Wildman–Crippen LogP) is 3.36. The largest absolute Gasteiger partial charge is 0.497 e. The Labute approximate surface area is 163 Å². The van der Waals surface area contributed by atoms with Crippen LogP contribution in [0.15, 0.2) is 12.1 Å². The number of Topliss-reactive ketones (excluding diaryl/α,β-unsaturated/α-hetero) is 1. The van der Waals surface area contributed by atoms with Gasteiger partial charge in [-0.25, -0.2) is 0 Å². The van der Waals surface area contributed by atoms with Gasteiger partial charge in [0.25, 0.3) is 0 Å². The Morgan fingerprint density at radius 3 is 2.74 bits per heavy atom. The Morgan fingerprint density at radius 1 is 1.26 bits per heavy atom. The molecular weight excluding hydrogens is 342 g/mol. The van der Waals surface area contributed by atoms with Gasteiger partial charge in [-0.3, -0.25) is 4.79 Å². The number of piperidine rings is 1. The first kappa shape index (κ1) is 20.2. The smallest absolute Gasteiger partial charge is 0.133 e. The van der Waals surface area contributed by atoms with E-state index in [-0.39, 0.29) is 5.41 Å². The van der Waals surface area contributed by atoms with Crippen molar-refractivity contribution >= 4 is 5.78 Å². The van der Waals surface area contributed by atoms with Crippen molar-refractivity contribution in [2.24, 2.45) is 5.92 Å². The van der Waals surface area contributed by atoms with Gasteiger partial charge in [-0.2, -0.15) is 0 Å². The Kier molecular flexibility index (Phi) is 6.11. The van der Waals surface area contributed by atoms with Gasteiger partial charge in [0.1, 0.15) is 23.9 Å². The number of likely N-dealkylation sites (tertiary alicyclic amines) is 1. The lowest BCUT2D eigenvalue weighted by Crippen LogP contribution is -2.56. The summed E-state index contributed by atoms with van der Waals surface area (Å²) in [6.45, 7) is 6.46. The van der Waals surface area contributed by atoms with Crippen LogP contribution in [0.4, 0.5) is 0 Å². The molecule has 3 rings (SSSR count). The maximum absolute atomic E-state index is 12.6. The van der Waals surface area contributed by atoms with Crippen molar-refractivity contribution in [2.45, 2.75) is 51.0 Å². The molecule has 0 amide bonds. The molecule has 1 aliphatic heterocycles. The average Bonchev–Trinajstić information content (AvgIpc) is 2.66. The van der Waals surface area contributed by atoms with Crippen LogP contribution >= 0.6 is 0 Å². The number of ether oxygens (including phenoxy) is 3. The molecule has 2 fully saturated rings. The van der Waals surface area contributed by atoms with E-state index >= 15 is 0 Å². The molecule has 1 aromatic carbocycles. The van der Waals surface area contributed by atoms with Gasteiger partial charge in [-0.15, -0.1) is 0 Å². The molecule has 27 heavy (non-hydrogen) atoms. The van der Waals surface area contributed by atoms with Gasteiger partial charge in [-0.05, 0) is 63.4 Å². The molecule has 0 bridgehead atoms. The summed E-state index contributed by atoms with van der Waals surface area (Å²) in [6.07, 6.45) is 3.28. The second kappa shape index (κ2) is 8.19. The first-order valence-electron chi connectivity index (χ1n) is 9.95. The summed E-state index contributed by atoms with van der Waals surface area (Å²) in [4.78, 5) is 15.0. The van der Waals surface area contributed by atoms with Gasteiger partial charge >= 0.3 is 0 Å². The highest BCUT2D eigenvalue weighted by molar-refractivity contribution is 5.81. The van der Waals surface area contributed by atoms with Crippen LogP contribution in [0.1, 0.15) is 43.7 Å².